The maximum absolute atomic E-state index is 2.45. The second kappa shape index (κ2) is 10.5. The van der Waals surface area contributed by atoms with E-state index in [1.165, 1.54) is 70.6 Å². The van der Waals surface area contributed by atoms with Gasteiger partial charge in [-0.25, -0.2) is 0 Å². The number of hydrogen-bond acceptors (Lipinski definition) is 0. The number of hydrogen-bond donors (Lipinski definition) is 0. The van der Waals surface area contributed by atoms with E-state index in [0.717, 1.165) is 17.8 Å². The Bertz CT molecular complexity index is 224. The van der Waals surface area contributed by atoms with Crippen LogP contribution in [-0.4, -0.2) is 0 Å². The van der Waals surface area contributed by atoms with E-state index in [9.17, 15) is 0 Å². The van der Waals surface area contributed by atoms with E-state index in [2.05, 4.69) is 32.9 Å². The van der Waals surface area contributed by atoms with E-state index >= 15 is 0 Å². The van der Waals surface area contributed by atoms with Crippen molar-refractivity contribution < 1.29 is 0 Å². The Morgan fingerprint density at radius 1 is 1.11 bits per heavy atom. The molecule has 0 aromatic rings. The summed E-state index contributed by atoms with van der Waals surface area (Å²) in [6, 6.07) is 0. The topological polar surface area (TPSA) is 0 Å². The lowest BCUT2D eigenvalue weighted by atomic mass is 9.79. The van der Waals surface area contributed by atoms with Gasteiger partial charge in [0.2, 0.25) is 0 Å². The number of allylic oxidation sites excluding steroid dienone is 2. The lowest BCUT2D eigenvalue weighted by Gasteiger charge is -2.27. The second-order valence-electron chi connectivity index (χ2n) is 6.77. The fourth-order valence-electron chi connectivity index (χ4n) is 3.09. The van der Waals surface area contributed by atoms with E-state index in [0.29, 0.717) is 0 Å². The first-order valence-corrected chi connectivity index (χ1v) is 8.92. The molecule has 0 saturated heterocycles. The van der Waals surface area contributed by atoms with Crippen LogP contribution in [0.25, 0.3) is 0 Å². The van der Waals surface area contributed by atoms with Crippen molar-refractivity contribution in [3.05, 3.63) is 12.2 Å². The van der Waals surface area contributed by atoms with Gasteiger partial charge in [0.25, 0.3) is 0 Å². The fourth-order valence-corrected chi connectivity index (χ4v) is 3.09. The normalized spacial score (nSPS) is 19.5. The van der Waals surface area contributed by atoms with Gasteiger partial charge in [-0.3, -0.25) is 0 Å². The minimum absolute atomic E-state index is 0.787. The molecule has 0 heteroatoms. The summed E-state index contributed by atoms with van der Waals surface area (Å²) in [6.45, 7) is 7.02. The van der Waals surface area contributed by atoms with Crippen LogP contribution in [0.4, 0.5) is 0 Å². The molecular formula is C19H36. The fraction of sp³-hybridized carbons (Fsp3) is 0.895. The van der Waals surface area contributed by atoms with Crippen LogP contribution in [-0.2, 0) is 0 Å². The van der Waals surface area contributed by atoms with Crippen molar-refractivity contribution >= 4 is 0 Å². The average Bonchev–Trinajstić information content (AvgIpc) is 2.37. The summed E-state index contributed by atoms with van der Waals surface area (Å²) >= 11 is 0. The highest BCUT2D eigenvalue weighted by Crippen LogP contribution is 2.33. The van der Waals surface area contributed by atoms with Gasteiger partial charge < -0.3 is 0 Å². The zero-order valence-corrected chi connectivity index (χ0v) is 13.7. The third-order valence-corrected chi connectivity index (χ3v) is 5.00. The molecule has 2 atom stereocenters. The molecule has 0 nitrogen and oxygen atoms in total. The Labute approximate surface area is 122 Å². The molecule has 0 radical (unpaired) electrons. The molecule has 1 saturated carbocycles. The first-order valence-electron chi connectivity index (χ1n) is 8.92. The average molecular weight is 264 g/mol. The van der Waals surface area contributed by atoms with Crippen LogP contribution in [0.15, 0.2) is 12.2 Å². The first-order chi connectivity index (χ1) is 9.26. The van der Waals surface area contributed by atoms with Crippen molar-refractivity contribution in [3.8, 4) is 0 Å². The Morgan fingerprint density at radius 3 is 2.47 bits per heavy atom. The minimum Gasteiger partial charge on any atom is -0.0883 e. The highest BCUT2D eigenvalue weighted by Gasteiger charge is 2.18. The van der Waals surface area contributed by atoms with Gasteiger partial charge >= 0.3 is 0 Å². The molecule has 1 rings (SSSR count). The number of rotatable bonds is 11. The molecule has 0 N–H and O–H groups in total. The van der Waals surface area contributed by atoms with Gasteiger partial charge in [0.05, 0.1) is 0 Å². The second-order valence-corrected chi connectivity index (χ2v) is 6.77. The zero-order valence-electron chi connectivity index (χ0n) is 13.7. The van der Waals surface area contributed by atoms with Gasteiger partial charge in [0, 0.05) is 0 Å². The molecule has 0 aromatic heterocycles. The van der Waals surface area contributed by atoms with Crippen molar-refractivity contribution in [1.82, 2.24) is 0 Å². The highest BCUT2D eigenvalue weighted by atomic mass is 14.2. The minimum atomic E-state index is 0.787. The molecule has 1 fully saturated rings. The largest absolute Gasteiger partial charge is 0.0883 e. The van der Waals surface area contributed by atoms with Gasteiger partial charge in [-0.05, 0) is 37.0 Å². The Balaban J connectivity index is 2.05. The van der Waals surface area contributed by atoms with E-state index < -0.39 is 0 Å². The molecule has 0 aliphatic heterocycles. The summed E-state index contributed by atoms with van der Waals surface area (Å²) in [7, 11) is 0. The SMILES string of the molecule is CCCCC(C)C=CCCC(CC)CCC1CCC1. The third-order valence-electron chi connectivity index (χ3n) is 5.00. The summed E-state index contributed by atoms with van der Waals surface area (Å²) in [5.74, 6) is 2.87. The summed E-state index contributed by atoms with van der Waals surface area (Å²) in [5.41, 5.74) is 0. The van der Waals surface area contributed by atoms with Crippen molar-refractivity contribution in [2.75, 3.05) is 0 Å². The standard InChI is InChI=1S/C19H36/c1-4-6-10-17(3)11-7-8-12-18(5-2)15-16-19-13-9-14-19/h7,11,17-19H,4-6,8-10,12-16H2,1-3H3. The monoisotopic (exact) mass is 264 g/mol. The van der Waals surface area contributed by atoms with E-state index in [4.69, 9.17) is 0 Å². The molecule has 0 amide bonds. The maximum Gasteiger partial charge on any atom is -0.0262 e. The lowest BCUT2D eigenvalue weighted by Crippen LogP contribution is -2.12. The molecule has 112 valence electrons. The lowest BCUT2D eigenvalue weighted by molar-refractivity contribution is 0.263. The van der Waals surface area contributed by atoms with Gasteiger partial charge in [0.15, 0.2) is 0 Å². The smallest absolute Gasteiger partial charge is 0.0262 e. The van der Waals surface area contributed by atoms with E-state index in [-0.39, 0.29) is 0 Å². The van der Waals surface area contributed by atoms with Crippen LogP contribution >= 0.6 is 0 Å². The maximum atomic E-state index is 2.45. The van der Waals surface area contributed by atoms with E-state index in [1.807, 2.05) is 0 Å². The zero-order chi connectivity index (χ0) is 13.9. The van der Waals surface area contributed by atoms with Gasteiger partial charge in [-0.15, -0.1) is 0 Å². The summed E-state index contributed by atoms with van der Waals surface area (Å²) < 4.78 is 0. The van der Waals surface area contributed by atoms with Gasteiger partial charge in [-0.1, -0.05) is 84.3 Å². The summed E-state index contributed by atoms with van der Waals surface area (Å²) in [6.07, 6.45) is 20.6. The summed E-state index contributed by atoms with van der Waals surface area (Å²) in [5, 5.41) is 0. The predicted molar refractivity (Wildman–Crippen MR) is 87.4 cm³/mol. The van der Waals surface area contributed by atoms with Crippen molar-refractivity contribution in [2.24, 2.45) is 17.8 Å². The molecule has 1 aliphatic rings. The quantitative estimate of drug-likeness (QED) is 0.362. The van der Waals surface area contributed by atoms with Gasteiger partial charge in [0.1, 0.15) is 0 Å². The Morgan fingerprint density at radius 2 is 1.89 bits per heavy atom. The van der Waals surface area contributed by atoms with Crippen LogP contribution in [0.3, 0.4) is 0 Å². The molecule has 2 unspecified atom stereocenters. The molecule has 19 heavy (non-hydrogen) atoms. The van der Waals surface area contributed by atoms with Crippen LogP contribution in [0.1, 0.15) is 91.4 Å². The Kier molecular flexibility index (Phi) is 9.30. The molecule has 0 heterocycles. The van der Waals surface area contributed by atoms with Crippen molar-refractivity contribution in [3.63, 3.8) is 0 Å². The molecule has 0 aromatic carbocycles. The highest BCUT2D eigenvalue weighted by molar-refractivity contribution is 4.86. The predicted octanol–water partition coefficient (Wildman–Crippen LogP) is 6.76. The van der Waals surface area contributed by atoms with E-state index in [1.54, 1.807) is 0 Å². The third kappa shape index (κ3) is 7.80. The van der Waals surface area contributed by atoms with Crippen LogP contribution in [0.5, 0.6) is 0 Å². The van der Waals surface area contributed by atoms with Crippen molar-refractivity contribution in [1.29, 1.82) is 0 Å². The molecule has 0 spiro atoms. The first kappa shape index (κ1) is 16.8. The van der Waals surface area contributed by atoms with Crippen molar-refractivity contribution in [2.45, 2.75) is 91.4 Å². The van der Waals surface area contributed by atoms with Crippen LogP contribution < -0.4 is 0 Å². The van der Waals surface area contributed by atoms with Gasteiger partial charge in [-0.2, -0.15) is 0 Å². The number of unbranched alkanes of at least 4 members (excludes halogenated alkanes) is 1. The molecule has 1 aliphatic carbocycles. The van der Waals surface area contributed by atoms with Crippen LogP contribution in [0, 0.1) is 17.8 Å². The Hall–Kier alpha value is -0.260. The molecule has 0 bridgehead atoms. The van der Waals surface area contributed by atoms with Crippen LogP contribution in [0.2, 0.25) is 0 Å². The molecular weight excluding hydrogens is 228 g/mol. The summed E-state index contributed by atoms with van der Waals surface area (Å²) in [4.78, 5) is 0.